The van der Waals surface area contributed by atoms with Gasteiger partial charge in [0.15, 0.2) is 0 Å². The summed E-state index contributed by atoms with van der Waals surface area (Å²) in [6.07, 6.45) is 5.59. The van der Waals surface area contributed by atoms with E-state index in [0.29, 0.717) is 18.9 Å². The number of phenolic OH excluding ortho intramolecular Hbond substituents is 2. The summed E-state index contributed by atoms with van der Waals surface area (Å²) in [6.45, 7) is 9.35. The molecule has 1 heterocycles. The van der Waals surface area contributed by atoms with Crippen molar-refractivity contribution in [1.82, 2.24) is 0 Å². The predicted octanol–water partition coefficient (Wildman–Crippen LogP) is 5.43. The topological polar surface area (TPSA) is 82.0 Å². The number of nitrogens with zero attached hydrogens (tertiary/aromatic N) is 1. The van der Waals surface area contributed by atoms with Crippen LogP contribution in [0.25, 0.3) is 0 Å². The largest absolute Gasteiger partial charge is 0.507 e. The quantitative estimate of drug-likeness (QED) is 0.453. The summed E-state index contributed by atoms with van der Waals surface area (Å²) in [5.41, 5.74) is 2.13. The number of nitrogens with one attached hydrogen (secondary N) is 1. The van der Waals surface area contributed by atoms with E-state index >= 15 is 0 Å². The third-order valence-electron chi connectivity index (χ3n) is 6.24. The Kier molecular flexibility index (Phi) is 8.02. The molecule has 3 rings (SSSR count). The van der Waals surface area contributed by atoms with Gasteiger partial charge in [0.05, 0.1) is 13.2 Å². The smallest absolute Gasteiger partial charge is 0.263 e. The number of amides is 1. The molecule has 32 heavy (non-hydrogen) atoms. The number of morpholine rings is 1. The summed E-state index contributed by atoms with van der Waals surface area (Å²) in [5.74, 6) is -0.946. The fourth-order valence-corrected chi connectivity index (χ4v) is 4.17. The molecule has 2 aromatic carbocycles. The number of benzene rings is 2. The number of carbonyl (C=O) groups excluding carboxylic acids is 1. The number of rotatable bonds is 9. The van der Waals surface area contributed by atoms with Crippen LogP contribution in [0.4, 0.5) is 11.4 Å². The van der Waals surface area contributed by atoms with Crippen molar-refractivity contribution >= 4 is 17.3 Å². The van der Waals surface area contributed by atoms with E-state index in [1.807, 2.05) is 18.2 Å². The van der Waals surface area contributed by atoms with E-state index in [1.165, 1.54) is 19.3 Å². The van der Waals surface area contributed by atoms with Gasteiger partial charge < -0.3 is 25.2 Å². The number of hydrogen-bond acceptors (Lipinski definition) is 5. The zero-order valence-corrected chi connectivity index (χ0v) is 19.5. The van der Waals surface area contributed by atoms with E-state index in [2.05, 4.69) is 31.0 Å². The zero-order valence-electron chi connectivity index (χ0n) is 19.5. The number of anilines is 2. The van der Waals surface area contributed by atoms with E-state index in [4.69, 9.17) is 4.74 Å². The average Bonchev–Trinajstić information content (AvgIpc) is 2.77. The zero-order chi connectivity index (χ0) is 23.1. The number of ether oxygens (including phenoxy) is 1. The summed E-state index contributed by atoms with van der Waals surface area (Å²) < 4.78 is 5.40. The molecule has 0 radical (unpaired) electrons. The first-order valence-electron chi connectivity index (χ1n) is 11.6. The van der Waals surface area contributed by atoms with Gasteiger partial charge in [0.2, 0.25) is 0 Å². The van der Waals surface area contributed by atoms with Gasteiger partial charge in [-0.1, -0.05) is 52.5 Å². The second-order valence-corrected chi connectivity index (χ2v) is 9.19. The van der Waals surface area contributed by atoms with Crippen LogP contribution in [-0.4, -0.2) is 42.4 Å². The number of hydrogen-bond donors (Lipinski definition) is 3. The molecular formula is C26H36N2O4. The minimum Gasteiger partial charge on any atom is -0.507 e. The molecule has 174 valence electrons. The second kappa shape index (κ2) is 10.7. The molecule has 1 fully saturated rings. The fourth-order valence-electron chi connectivity index (χ4n) is 4.17. The van der Waals surface area contributed by atoms with Crippen molar-refractivity contribution in [2.45, 2.75) is 58.3 Å². The first kappa shape index (κ1) is 23.9. The SMILES string of the molecule is CCCCCCC(C)(C)c1cc(O)c(C(=O)Nc2cccc(N3CCOCC3)c2)c(O)c1. The Bertz CT molecular complexity index is 897. The molecule has 3 N–H and O–H groups in total. The molecule has 1 aliphatic heterocycles. The molecule has 2 aromatic rings. The Morgan fingerprint density at radius 3 is 2.41 bits per heavy atom. The van der Waals surface area contributed by atoms with Crippen molar-refractivity contribution < 1.29 is 19.7 Å². The first-order valence-corrected chi connectivity index (χ1v) is 11.6. The van der Waals surface area contributed by atoms with Gasteiger partial charge in [0, 0.05) is 24.5 Å². The van der Waals surface area contributed by atoms with Crippen LogP contribution in [0.2, 0.25) is 0 Å². The molecule has 0 bridgehead atoms. The first-order chi connectivity index (χ1) is 15.3. The van der Waals surface area contributed by atoms with E-state index in [1.54, 1.807) is 18.2 Å². The van der Waals surface area contributed by atoms with Gasteiger partial charge in [-0.15, -0.1) is 0 Å². The third-order valence-corrected chi connectivity index (χ3v) is 6.24. The van der Waals surface area contributed by atoms with Crippen molar-refractivity contribution in [3.8, 4) is 11.5 Å². The van der Waals surface area contributed by atoms with E-state index in [9.17, 15) is 15.0 Å². The van der Waals surface area contributed by atoms with Crippen molar-refractivity contribution in [1.29, 1.82) is 0 Å². The molecule has 1 saturated heterocycles. The molecule has 0 spiro atoms. The van der Waals surface area contributed by atoms with Gasteiger partial charge in [0.25, 0.3) is 5.91 Å². The molecule has 0 aliphatic carbocycles. The minimum absolute atomic E-state index is 0.104. The minimum atomic E-state index is -0.536. The molecule has 0 aromatic heterocycles. The maximum absolute atomic E-state index is 12.9. The van der Waals surface area contributed by atoms with Crippen LogP contribution in [0, 0.1) is 0 Å². The summed E-state index contributed by atoms with van der Waals surface area (Å²) in [7, 11) is 0. The summed E-state index contributed by atoms with van der Waals surface area (Å²) in [5, 5.41) is 24.0. The number of carbonyl (C=O) groups is 1. The van der Waals surface area contributed by atoms with Crippen LogP contribution in [-0.2, 0) is 10.2 Å². The molecule has 1 aliphatic rings. The molecule has 1 amide bonds. The summed E-state index contributed by atoms with van der Waals surface area (Å²) >= 11 is 0. The van der Waals surface area contributed by atoms with E-state index in [0.717, 1.165) is 37.2 Å². The van der Waals surface area contributed by atoms with Gasteiger partial charge in [-0.3, -0.25) is 4.79 Å². The van der Waals surface area contributed by atoms with Gasteiger partial charge >= 0.3 is 0 Å². The van der Waals surface area contributed by atoms with E-state index in [-0.39, 0.29) is 22.5 Å². The van der Waals surface area contributed by atoms with Crippen molar-refractivity contribution in [3.05, 3.63) is 47.5 Å². The van der Waals surface area contributed by atoms with Gasteiger partial charge in [0.1, 0.15) is 17.1 Å². The average molecular weight is 441 g/mol. The lowest BCUT2D eigenvalue weighted by Crippen LogP contribution is -2.36. The standard InChI is InChI=1S/C26H36N2O4/c1-4-5-6-7-11-26(2,3)19-16-22(29)24(23(30)17-19)25(31)27-20-9-8-10-21(18-20)28-12-14-32-15-13-28/h8-10,16-18,29-30H,4-7,11-15H2,1-3H3,(H,27,31). The van der Waals surface area contributed by atoms with Gasteiger partial charge in [-0.05, 0) is 47.7 Å². The summed E-state index contributed by atoms with van der Waals surface area (Å²) in [6, 6.07) is 10.8. The van der Waals surface area contributed by atoms with Crippen molar-refractivity contribution in [2.75, 3.05) is 36.5 Å². The van der Waals surface area contributed by atoms with Crippen molar-refractivity contribution in [3.63, 3.8) is 0 Å². The highest BCUT2D eigenvalue weighted by Crippen LogP contribution is 2.37. The molecule has 0 saturated carbocycles. The third kappa shape index (κ3) is 5.94. The molecule has 0 atom stereocenters. The monoisotopic (exact) mass is 440 g/mol. The van der Waals surface area contributed by atoms with Crippen LogP contribution in [0.5, 0.6) is 11.5 Å². The van der Waals surface area contributed by atoms with Crippen LogP contribution >= 0.6 is 0 Å². The van der Waals surface area contributed by atoms with Crippen LogP contribution in [0.15, 0.2) is 36.4 Å². The number of phenols is 2. The second-order valence-electron chi connectivity index (χ2n) is 9.19. The maximum atomic E-state index is 12.9. The van der Waals surface area contributed by atoms with Gasteiger partial charge in [-0.25, -0.2) is 0 Å². The molecule has 6 heteroatoms. The van der Waals surface area contributed by atoms with E-state index < -0.39 is 5.91 Å². The van der Waals surface area contributed by atoms with Gasteiger partial charge in [-0.2, -0.15) is 0 Å². The Morgan fingerprint density at radius 1 is 1.06 bits per heavy atom. The van der Waals surface area contributed by atoms with Crippen LogP contribution < -0.4 is 10.2 Å². The highest BCUT2D eigenvalue weighted by molar-refractivity contribution is 6.08. The highest BCUT2D eigenvalue weighted by atomic mass is 16.5. The highest BCUT2D eigenvalue weighted by Gasteiger charge is 2.25. The summed E-state index contributed by atoms with van der Waals surface area (Å²) in [4.78, 5) is 15.1. The normalized spacial score (nSPS) is 14.4. The lowest BCUT2D eigenvalue weighted by molar-refractivity contribution is 0.102. The molecular weight excluding hydrogens is 404 g/mol. The Balaban J connectivity index is 1.73. The fraction of sp³-hybridized carbons (Fsp3) is 0.500. The lowest BCUT2D eigenvalue weighted by Gasteiger charge is -2.29. The Hall–Kier alpha value is -2.73. The predicted molar refractivity (Wildman–Crippen MR) is 129 cm³/mol. The van der Waals surface area contributed by atoms with Crippen molar-refractivity contribution in [2.24, 2.45) is 0 Å². The molecule has 0 unspecified atom stereocenters. The number of unbranched alkanes of at least 4 members (excludes halogenated alkanes) is 3. The van der Waals surface area contributed by atoms with Crippen LogP contribution in [0.3, 0.4) is 0 Å². The number of aromatic hydroxyl groups is 2. The van der Waals surface area contributed by atoms with Crippen LogP contribution in [0.1, 0.15) is 68.8 Å². The Morgan fingerprint density at radius 2 is 1.75 bits per heavy atom. The lowest BCUT2D eigenvalue weighted by atomic mass is 9.79. The Labute approximate surface area is 191 Å². The molecule has 6 nitrogen and oxygen atoms in total. The maximum Gasteiger partial charge on any atom is 0.263 e.